The van der Waals surface area contributed by atoms with Gasteiger partial charge < -0.3 is 0 Å². The van der Waals surface area contributed by atoms with Gasteiger partial charge in [-0.25, -0.2) is 4.39 Å². The molecule has 0 spiro atoms. The van der Waals surface area contributed by atoms with Gasteiger partial charge in [0.15, 0.2) is 0 Å². The van der Waals surface area contributed by atoms with Crippen LogP contribution in [0.2, 0.25) is 0 Å². The molecule has 1 heterocycles. The summed E-state index contributed by atoms with van der Waals surface area (Å²) in [7, 11) is 0. The maximum atomic E-state index is 12.7. The Morgan fingerprint density at radius 3 is 2.82 bits per heavy atom. The third kappa shape index (κ3) is 1.54. The second kappa shape index (κ2) is 2.83. The summed E-state index contributed by atoms with van der Waals surface area (Å²) in [6.07, 6.45) is 1.16. The fourth-order valence-corrected chi connectivity index (χ4v) is 1.62. The van der Waals surface area contributed by atoms with Crippen molar-refractivity contribution in [2.45, 2.75) is 19.0 Å². The Morgan fingerprint density at radius 1 is 1.55 bits per heavy atom. The molecule has 0 bridgehead atoms. The van der Waals surface area contributed by atoms with E-state index in [4.69, 9.17) is 0 Å². The molecule has 0 radical (unpaired) electrons. The van der Waals surface area contributed by atoms with Crippen molar-refractivity contribution in [1.29, 1.82) is 0 Å². The van der Waals surface area contributed by atoms with Crippen molar-refractivity contribution in [2.75, 3.05) is 19.6 Å². The zero-order valence-corrected chi connectivity index (χ0v) is 6.52. The molecule has 0 aromatic carbocycles. The van der Waals surface area contributed by atoms with Crippen LogP contribution in [0.1, 0.15) is 12.8 Å². The summed E-state index contributed by atoms with van der Waals surface area (Å²) in [4.78, 5) is 2.18. The minimum atomic E-state index is -0.581. The molecule has 1 fully saturated rings. The number of likely N-dealkylation sites (tertiary alicyclic amines) is 1. The van der Waals surface area contributed by atoms with E-state index >= 15 is 0 Å². The van der Waals surface area contributed by atoms with Gasteiger partial charge in [0.25, 0.3) is 0 Å². The maximum Gasteiger partial charge on any atom is 0.114 e. The van der Waals surface area contributed by atoms with Gasteiger partial charge in [0, 0.05) is 32.0 Å². The lowest BCUT2D eigenvalue weighted by Gasteiger charge is -2.20. The SMILES string of the molecule is FC1CCN(CC2C#CC2)C1. The Balaban J connectivity index is 1.76. The normalized spacial score (nSPS) is 36.1. The molecule has 2 rings (SSSR count). The third-order valence-electron chi connectivity index (χ3n) is 2.35. The summed E-state index contributed by atoms with van der Waals surface area (Å²) in [6, 6.07) is 0. The molecule has 0 saturated carbocycles. The van der Waals surface area contributed by atoms with Crippen LogP contribution in [0.25, 0.3) is 0 Å². The van der Waals surface area contributed by atoms with Crippen molar-refractivity contribution in [2.24, 2.45) is 5.92 Å². The highest BCUT2D eigenvalue weighted by Crippen LogP contribution is 2.17. The Hall–Kier alpha value is -0.550. The first-order valence-corrected chi connectivity index (χ1v) is 4.19. The lowest BCUT2D eigenvalue weighted by atomic mass is 9.99. The number of halogens is 1. The van der Waals surface area contributed by atoms with Gasteiger partial charge in [-0.3, -0.25) is 4.90 Å². The van der Waals surface area contributed by atoms with E-state index in [-0.39, 0.29) is 0 Å². The fraction of sp³-hybridized carbons (Fsp3) is 0.778. The first-order chi connectivity index (χ1) is 5.34. The molecule has 0 amide bonds. The van der Waals surface area contributed by atoms with Crippen LogP contribution in [0, 0.1) is 17.8 Å². The first kappa shape index (κ1) is 7.12. The van der Waals surface area contributed by atoms with Crippen LogP contribution < -0.4 is 0 Å². The van der Waals surface area contributed by atoms with Crippen molar-refractivity contribution in [3.05, 3.63) is 0 Å². The lowest BCUT2D eigenvalue weighted by molar-refractivity contribution is 0.268. The van der Waals surface area contributed by atoms with Gasteiger partial charge in [-0.05, 0) is 6.42 Å². The summed E-state index contributed by atoms with van der Waals surface area (Å²) in [6.45, 7) is 2.56. The highest BCUT2D eigenvalue weighted by atomic mass is 19.1. The largest absolute Gasteiger partial charge is 0.299 e. The molecule has 1 nitrogen and oxygen atoms in total. The molecule has 1 aliphatic carbocycles. The fourth-order valence-electron chi connectivity index (χ4n) is 1.62. The molecule has 0 aromatic heterocycles. The van der Waals surface area contributed by atoms with E-state index in [0.29, 0.717) is 12.5 Å². The summed E-state index contributed by atoms with van der Waals surface area (Å²) in [5.74, 6) is 6.59. The predicted molar refractivity (Wildman–Crippen MR) is 41.8 cm³/mol. The molecular weight excluding hydrogens is 141 g/mol. The highest BCUT2D eigenvalue weighted by molar-refractivity contribution is 5.17. The minimum absolute atomic E-state index is 0.542. The number of rotatable bonds is 2. The van der Waals surface area contributed by atoms with E-state index < -0.39 is 6.17 Å². The van der Waals surface area contributed by atoms with E-state index in [2.05, 4.69) is 16.7 Å². The number of hydrogen-bond acceptors (Lipinski definition) is 1. The molecule has 2 heteroatoms. The van der Waals surface area contributed by atoms with Crippen LogP contribution >= 0.6 is 0 Å². The van der Waals surface area contributed by atoms with Crippen molar-refractivity contribution in [3.8, 4) is 11.8 Å². The van der Waals surface area contributed by atoms with Crippen LogP contribution in [0.15, 0.2) is 0 Å². The maximum absolute atomic E-state index is 12.7. The van der Waals surface area contributed by atoms with E-state index in [1.807, 2.05) is 0 Å². The molecule has 2 atom stereocenters. The smallest absolute Gasteiger partial charge is 0.114 e. The molecule has 11 heavy (non-hydrogen) atoms. The molecule has 2 unspecified atom stereocenters. The van der Waals surface area contributed by atoms with Crippen LogP contribution in [0.4, 0.5) is 4.39 Å². The van der Waals surface area contributed by atoms with Crippen molar-refractivity contribution >= 4 is 0 Å². The molecule has 0 N–H and O–H groups in total. The van der Waals surface area contributed by atoms with Crippen molar-refractivity contribution < 1.29 is 4.39 Å². The Labute approximate surface area is 66.6 Å². The summed E-state index contributed by atoms with van der Waals surface area (Å²) in [5.41, 5.74) is 0. The molecule has 1 aliphatic heterocycles. The van der Waals surface area contributed by atoms with Gasteiger partial charge in [0.2, 0.25) is 0 Å². The van der Waals surface area contributed by atoms with Crippen LogP contribution in [-0.4, -0.2) is 30.7 Å². The van der Waals surface area contributed by atoms with Gasteiger partial charge in [0.1, 0.15) is 6.17 Å². The van der Waals surface area contributed by atoms with Crippen LogP contribution in [-0.2, 0) is 0 Å². The average Bonchev–Trinajstić information content (AvgIpc) is 2.27. The molecule has 0 aromatic rings. The standard InChI is InChI=1S/C9H12FN/c10-9-4-5-11(7-9)6-8-2-1-3-8/h8-9H,2,4-7H2. The van der Waals surface area contributed by atoms with Crippen LogP contribution in [0.3, 0.4) is 0 Å². The predicted octanol–water partition coefficient (Wildman–Crippen LogP) is 1.05. The van der Waals surface area contributed by atoms with Gasteiger partial charge in [-0.2, -0.15) is 0 Å². The summed E-state index contributed by atoms with van der Waals surface area (Å²) < 4.78 is 12.7. The Morgan fingerprint density at radius 2 is 2.36 bits per heavy atom. The zero-order valence-electron chi connectivity index (χ0n) is 6.52. The molecule has 60 valence electrons. The second-order valence-corrected chi connectivity index (χ2v) is 3.37. The Bertz CT molecular complexity index is 203. The number of alkyl halides is 1. The lowest BCUT2D eigenvalue weighted by Crippen LogP contribution is -2.28. The number of hydrogen-bond donors (Lipinski definition) is 0. The quantitative estimate of drug-likeness (QED) is 0.536. The van der Waals surface area contributed by atoms with E-state index in [1.165, 1.54) is 0 Å². The van der Waals surface area contributed by atoms with Crippen LogP contribution in [0.5, 0.6) is 0 Å². The van der Waals surface area contributed by atoms with Gasteiger partial charge >= 0.3 is 0 Å². The first-order valence-electron chi connectivity index (χ1n) is 4.19. The minimum Gasteiger partial charge on any atom is -0.299 e. The molecule has 1 saturated heterocycles. The Kier molecular flexibility index (Phi) is 1.83. The van der Waals surface area contributed by atoms with E-state index in [0.717, 1.165) is 25.9 Å². The van der Waals surface area contributed by atoms with E-state index in [9.17, 15) is 4.39 Å². The summed E-state index contributed by atoms with van der Waals surface area (Å²) in [5, 5.41) is 0. The number of nitrogens with zero attached hydrogens (tertiary/aromatic N) is 1. The van der Waals surface area contributed by atoms with Crippen molar-refractivity contribution in [1.82, 2.24) is 4.90 Å². The monoisotopic (exact) mass is 153 g/mol. The molecule has 2 aliphatic rings. The van der Waals surface area contributed by atoms with E-state index in [1.54, 1.807) is 0 Å². The van der Waals surface area contributed by atoms with Gasteiger partial charge in [0.05, 0.1) is 0 Å². The highest BCUT2D eigenvalue weighted by Gasteiger charge is 2.24. The van der Waals surface area contributed by atoms with Gasteiger partial charge in [-0.15, -0.1) is 5.92 Å². The molecular formula is C9H12FN. The third-order valence-corrected chi connectivity index (χ3v) is 2.35. The van der Waals surface area contributed by atoms with Crippen molar-refractivity contribution in [3.63, 3.8) is 0 Å². The topological polar surface area (TPSA) is 3.24 Å². The average molecular weight is 153 g/mol. The second-order valence-electron chi connectivity index (χ2n) is 3.37. The zero-order chi connectivity index (χ0) is 7.68. The van der Waals surface area contributed by atoms with Gasteiger partial charge in [-0.1, -0.05) is 5.92 Å². The summed E-state index contributed by atoms with van der Waals surface area (Å²) >= 11 is 0.